The van der Waals surface area contributed by atoms with Crippen LogP contribution < -0.4 is 5.32 Å². The molecule has 1 heterocycles. The first kappa shape index (κ1) is 11.0. The summed E-state index contributed by atoms with van der Waals surface area (Å²) in [6.07, 6.45) is 3.90. The van der Waals surface area contributed by atoms with E-state index in [0.717, 1.165) is 5.92 Å². The zero-order valence-electron chi connectivity index (χ0n) is 11.8. The zero-order chi connectivity index (χ0) is 13.4. The Balaban J connectivity index is 1.80. The van der Waals surface area contributed by atoms with Crippen LogP contribution in [-0.2, 0) is 17.4 Å². The Hall–Kier alpha value is -1.76. The molecule has 0 aromatic heterocycles. The maximum absolute atomic E-state index is 3.95. The highest BCUT2D eigenvalue weighted by atomic mass is 15.1. The second-order valence-corrected chi connectivity index (χ2v) is 6.91. The molecule has 2 aromatic rings. The molecule has 1 saturated carbocycles. The van der Waals surface area contributed by atoms with E-state index in [1.807, 2.05) is 0 Å². The summed E-state index contributed by atoms with van der Waals surface area (Å²) in [4.78, 5) is 0. The van der Waals surface area contributed by atoms with E-state index in [0.29, 0.717) is 0 Å². The summed E-state index contributed by atoms with van der Waals surface area (Å²) in [6.45, 7) is 2.46. The normalized spacial score (nSPS) is 36.0. The van der Waals surface area contributed by atoms with Gasteiger partial charge in [0, 0.05) is 11.1 Å². The van der Waals surface area contributed by atoms with Gasteiger partial charge >= 0.3 is 0 Å². The third-order valence-electron chi connectivity index (χ3n) is 6.20. The van der Waals surface area contributed by atoms with Gasteiger partial charge in [-0.05, 0) is 47.9 Å². The largest absolute Gasteiger partial charge is 0.374 e. The molecule has 3 aliphatic rings. The van der Waals surface area contributed by atoms with Gasteiger partial charge in [-0.1, -0.05) is 49.4 Å². The van der Waals surface area contributed by atoms with Crippen molar-refractivity contribution in [2.45, 2.75) is 37.1 Å². The van der Waals surface area contributed by atoms with Crippen LogP contribution in [0.15, 0.2) is 48.5 Å². The maximum atomic E-state index is 3.95. The zero-order valence-corrected chi connectivity index (χ0v) is 11.8. The van der Waals surface area contributed by atoms with Crippen molar-refractivity contribution in [2.24, 2.45) is 5.92 Å². The second-order valence-electron chi connectivity index (χ2n) is 6.91. The quantitative estimate of drug-likeness (QED) is 0.748. The Morgan fingerprint density at radius 1 is 1.00 bits per heavy atom. The van der Waals surface area contributed by atoms with Crippen LogP contribution >= 0.6 is 0 Å². The molecule has 1 spiro atoms. The highest BCUT2D eigenvalue weighted by molar-refractivity contribution is 5.70. The lowest BCUT2D eigenvalue weighted by Gasteiger charge is -2.62. The molecule has 1 aliphatic heterocycles. The van der Waals surface area contributed by atoms with Crippen molar-refractivity contribution < 1.29 is 0 Å². The molecule has 1 N–H and O–H groups in total. The van der Waals surface area contributed by atoms with Crippen LogP contribution in [0.25, 0.3) is 0 Å². The molecule has 1 fully saturated rings. The van der Waals surface area contributed by atoms with Gasteiger partial charge in [-0.25, -0.2) is 0 Å². The molecule has 1 heteroatoms. The summed E-state index contributed by atoms with van der Waals surface area (Å²) in [6, 6.07) is 18.0. The van der Waals surface area contributed by atoms with Crippen molar-refractivity contribution in [3.05, 3.63) is 65.2 Å². The molecule has 100 valence electrons. The topological polar surface area (TPSA) is 12.0 Å². The third-order valence-corrected chi connectivity index (χ3v) is 6.20. The first-order valence-electron chi connectivity index (χ1n) is 7.72. The fourth-order valence-electron chi connectivity index (χ4n) is 5.33. The van der Waals surface area contributed by atoms with Crippen LogP contribution in [0.5, 0.6) is 0 Å². The van der Waals surface area contributed by atoms with Crippen molar-refractivity contribution in [2.75, 3.05) is 5.32 Å². The van der Waals surface area contributed by atoms with Crippen molar-refractivity contribution in [3.63, 3.8) is 0 Å². The van der Waals surface area contributed by atoms with E-state index < -0.39 is 0 Å². The monoisotopic (exact) mass is 261 g/mol. The van der Waals surface area contributed by atoms with E-state index in [9.17, 15) is 0 Å². The molecule has 2 aliphatic carbocycles. The minimum atomic E-state index is 0.158. The molecular formula is C19H19N. The van der Waals surface area contributed by atoms with Gasteiger partial charge in [-0.15, -0.1) is 0 Å². The van der Waals surface area contributed by atoms with Gasteiger partial charge in [0.1, 0.15) is 0 Å². The maximum Gasteiger partial charge on any atom is 0.0751 e. The lowest BCUT2D eigenvalue weighted by atomic mass is 9.43. The molecule has 2 aromatic carbocycles. The van der Waals surface area contributed by atoms with Gasteiger partial charge in [0.2, 0.25) is 0 Å². The van der Waals surface area contributed by atoms with Crippen molar-refractivity contribution in [1.29, 1.82) is 0 Å². The molecule has 0 unspecified atom stereocenters. The fourth-order valence-corrected chi connectivity index (χ4v) is 5.33. The van der Waals surface area contributed by atoms with Crippen LogP contribution in [0.4, 0.5) is 5.69 Å². The number of hydrogen-bond acceptors (Lipinski definition) is 1. The number of fused-ring (bicyclic) bond motifs is 3. The Morgan fingerprint density at radius 3 is 2.65 bits per heavy atom. The number of benzene rings is 2. The second kappa shape index (κ2) is 3.28. The van der Waals surface area contributed by atoms with E-state index in [1.165, 1.54) is 30.5 Å². The Morgan fingerprint density at radius 2 is 1.75 bits per heavy atom. The van der Waals surface area contributed by atoms with Crippen LogP contribution in [-0.4, -0.2) is 0 Å². The number of anilines is 1. The van der Waals surface area contributed by atoms with Gasteiger partial charge in [-0.3, -0.25) is 0 Å². The number of aryl methyl sites for hydroxylation is 1. The summed E-state index contributed by atoms with van der Waals surface area (Å²) < 4.78 is 0. The van der Waals surface area contributed by atoms with Crippen LogP contribution in [0.1, 0.15) is 36.5 Å². The highest BCUT2D eigenvalue weighted by Crippen LogP contribution is 2.70. The number of hydrogen-bond donors (Lipinski definition) is 1. The van der Waals surface area contributed by atoms with E-state index in [4.69, 9.17) is 0 Å². The SMILES string of the molecule is C[C@]12C[C@@H]3CCc4ccccc4[C@@]31Nc1ccccc12. The molecule has 0 amide bonds. The van der Waals surface area contributed by atoms with Crippen molar-refractivity contribution in [3.8, 4) is 0 Å². The lowest BCUT2D eigenvalue weighted by Crippen LogP contribution is -2.65. The highest BCUT2D eigenvalue weighted by Gasteiger charge is 2.69. The van der Waals surface area contributed by atoms with Gasteiger partial charge in [-0.2, -0.15) is 0 Å². The summed E-state index contributed by atoms with van der Waals surface area (Å²) in [5, 5.41) is 3.95. The summed E-state index contributed by atoms with van der Waals surface area (Å²) >= 11 is 0. The predicted molar refractivity (Wildman–Crippen MR) is 82.0 cm³/mol. The fraction of sp³-hybridized carbons (Fsp3) is 0.368. The van der Waals surface area contributed by atoms with E-state index in [-0.39, 0.29) is 11.0 Å². The molecule has 3 atom stereocenters. The van der Waals surface area contributed by atoms with Crippen LogP contribution in [0.2, 0.25) is 0 Å². The van der Waals surface area contributed by atoms with E-state index in [1.54, 1.807) is 11.1 Å². The van der Waals surface area contributed by atoms with E-state index in [2.05, 4.69) is 60.8 Å². The van der Waals surface area contributed by atoms with Crippen LogP contribution in [0.3, 0.4) is 0 Å². The van der Waals surface area contributed by atoms with Crippen molar-refractivity contribution >= 4 is 5.69 Å². The first-order chi connectivity index (χ1) is 9.76. The number of para-hydroxylation sites is 1. The summed E-state index contributed by atoms with van der Waals surface area (Å²) in [5.74, 6) is 0.787. The standard InChI is InChI=1S/C19H19N/c1-18-12-14-11-10-13-6-2-3-7-15(13)19(14,18)20-17-9-5-4-8-16(17)18/h2-9,14,20H,10-12H2,1H3/t14-,18+,19-/m0/s1. The summed E-state index contributed by atoms with van der Waals surface area (Å²) in [5.41, 5.74) is 6.41. The number of nitrogens with one attached hydrogen (secondary N) is 1. The van der Waals surface area contributed by atoms with E-state index >= 15 is 0 Å². The average molecular weight is 261 g/mol. The summed E-state index contributed by atoms with van der Waals surface area (Å²) in [7, 11) is 0. The average Bonchev–Trinajstić information content (AvgIpc) is 2.66. The number of rotatable bonds is 0. The van der Waals surface area contributed by atoms with Crippen molar-refractivity contribution in [1.82, 2.24) is 0 Å². The van der Waals surface area contributed by atoms with Gasteiger partial charge in [0.05, 0.1) is 5.54 Å². The van der Waals surface area contributed by atoms with Crippen LogP contribution in [0, 0.1) is 5.92 Å². The molecule has 0 bridgehead atoms. The third kappa shape index (κ3) is 0.974. The predicted octanol–water partition coefficient (Wildman–Crippen LogP) is 4.23. The first-order valence-corrected chi connectivity index (χ1v) is 7.72. The molecule has 5 rings (SSSR count). The van der Waals surface area contributed by atoms with Gasteiger partial charge < -0.3 is 5.32 Å². The molecular weight excluding hydrogens is 242 g/mol. The Bertz CT molecular complexity index is 719. The molecule has 1 nitrogen and oxygen atoms in total. The molecule has 20 heavy (non-hydrogen) atoms. The van der Waals surface area contributed by atoms with Gasteiger partial charge in [0.25, 0.3) is 0 Å². The Kier molecular flexibility index (Phi) is 1.80. The van der Waals surface area contributed by atoms with Gasteiger partial charge in [0.15, 0.2) is 0 Å². The minimum absolute atomic E-state index is 0.158. The molecule has 0 radical (unpaired) electrons. The minimum Gasteiger partial charge on any atom is -0.374 e. The molecule has 0 saturated heterocycles. The lowest BCUT2D eigenvalue weighted by molar-refractivity contribution is 0.0204. The smallest absolute Gasteiger partial charge is 0.0751 e. The Labute approximate surface area is 120 Å².